The van der Waals surface area contributed by atoms with Crippen molar-refractivity contribution in [3.8, 4) is 5.75 Å². The molecule has 1 heterocycles. The third kappa shape index (κ3) is 3.35. The Hall–Kier alpha value is -0.780. The predicted octanol–water partition coefficient (Wildman–Crippen LogP) is 4.49. The number of furan rings is 1. The third-order valence-corrected chi connectivity index (χ3v) is 4.63. The number of aromatic carboxylic acids is 1. The molecule has 0 atom stereocenters. The molecule has 2 aromatic rings. The molecular weight excluding hydrogens is 385 g/mol. The Balaban J connectivity index is 2.26. The van der Waals surface area contributed by atoms with Gasteiger partial charge in [-0.3, -0.25) is 0 Å². The van der Waals surface area contributed by atoms with Crippen molar-refractivity contribution in [1.82, 2.24) is 0 Å². The Morgan fingerprint density at radius 1 is 1.00 bits per heavy atom. The molecule has 112 valence electrons. The van der Waals surface area contributed by atoms with E-state index in [4.69, 9.17) is 67.2 Å². The first kappa shape index (κ1) is 16.6. The molecule has 2 rings (SSSR count). The molecule has 4 nitrogen and oxygen atoms in total. The molecule has 0 N–H and O–H groups in total. The van der Waals surface area contributed by atoms with Crippen LogP contribution in [0.3, 0.4) is 0 Å². The van der Waals surface area contributed by atoms with Crippen LogP contribution in [0.15, 0.2) is 16.5 Å². The highest BCUT2D eigenvalue weighted by Crippen LogP contribution is 2.48. The number of carbonyl (C=O) groups excluding carboxylic acids is 1. The van der Waals surface area contributed by atoms with E-state index in [0.29, 0.717) is 0 Å². The van der Waals surface area contributed by atoms with Gasteiger partial charge in [-0.25, -0.2) is 0 Å². The van der Waals surface area contributed by atoms with Gasteiger partial charge in [0.1, 0.15) is 34.1 Å². The fourth-order valence-electron chi connectivity index (χ4n) is 1.42. The monoisotopic (exact) mass is 387 g/mol. The van der Waals surface area contributed by atoms with Gasteiger partial charge in [0.05, 0.1) is 15.1 Å². The average molecular weight is 389 g/mol. The van der Waals surface area contributed by atoms with Gasteiger partial charge in [0.25, 0.3) is 0 Å². The maximum atomic E-state index is 10.6. The Bertz CT molecular complexity index is 681. The molecule has 0 spiro atoms. The lowest BCUT2D eigenvalue weighted by molar-refractivity contribution is -0.257. The number of benzene rings is 1. The van der Waals surface area contributed by atoms with Gasteiger partial charge in [-0.05, 0) is 12.1 Å². The number of carbonyl (C=O) groups is 1. The standard InChI is InChI=1S/C12H5Cl5O4/c13-6-7(14)9(16)11(10(17)8(6)15)20-3-4-1-2-5(21-4)12(18)19/h1-2H,3H2,(H,18,19)/p-1. The van der Waals surface area contributed by atoms with Crippen molar-refractivity contribution in [3.05, 3.63) is 48.8 Å². The second kappa shape index (κ2) is 6.55. The number of carboxylic acid groups (broad SMARTS) is 1. The van der Waals surface area contributed by atoms with Crippen molar-refractivity contribution in [3.63, 3.8) is 0 Å². The Morgan fingerprint density at radius 3 is 2.00 bits per heavy atom. The van der Waals surface area contributed by atoms with Crippen LogP contribution < -0.4 is 9.84 Å². The number of rotatable bonds is 4. The van der Waals surface area contributed by atoms with Gasteiger partial charge in [0, 0.05) is 0 Å². The van der Waals surface area contributed by atoms with Crippen LogP contribution in [-0.4, -0.2) is 5.97 Å². The third-order valence-electron chi connectivity index (χ3n) is 2.39. The smallest absolute Gasteiger partial charge is 0.160 e. The second-order valence-corrected chi connectivity index (χ2v) is 5.63. The fraction of sp³-hybridized carbons (Fsp3) is 0.0833. The van der Waals surface area contributed by atoms with Crippen molar-refractivity contribution < 1.29 is 19.1 Å². The van der Waals surface area contributed by atoms with Crippen molar-refractivity contribution in [2.24, 2.45) is 0 Å². The summed E-state index contributed by atoms with van der Waals surface area (Å²) in [5, 5.41) is 10.6. The molecule has 0 fully saturated rings. The maximum Gasteiger partial charge on any atom is 0.160 e. The van der Waals surface area contributed by atoms with Crippen molar-refractivity contribution in [2.45, 2.75) is 6.61 Å². The van der Waals surface area contributed by atoms with E-state index >= 15 is 0 Å². The fourth-order valence-corrected chi connectivity index (χ4v) is 2.65. The summed E-state index contributed by atoms with van der Waals surface area (Å²) >= 11 is 29.6. The molecule has 0 aliphatic carbocycles. The van der Waals surface area contributed by atoms with Crippen molar-refractivity contribution in [2.75, 3.05) is 0 Å². The summed E-state index contributed by atoms with van der Waals surface area (Å²) in [6, 6.07) is 2.64. The summed E-state index contributed by atoms with van der Waals surface area (Å²) in [5.41, 5.74) is 0. The van der Waals surface area contributed by atoms with Gasteiger partial charge in [0.2, 0.25) is 0 Å². The van der Waals surface area contributed by atoms with Gasteiger partial charge in [-0.15, -0.1) is 0 Å². The molecule has 9 heteroatoms. The van der Waals surface area contributed by atoms with Crippen LogP contribution in [0.5, 0.6) is 5.75 Å². The zero-order valence-electron chi connectivity index (χ0n) is 9.88. The molecule has 0 saturated carbocycles. The van der Waals surface area contributed by atoms with Crippen LogP contribution >= 0.6 is 58.0 Å². The number of halogens is 5. The molecule has 0 amide bonds. The molecule has 1 aromatic heterocycles. The summed E-state index contributed by atoms with van der Waals surface area (Å²) < 4.78 is 10.3. The SMILES string of the molecule is O=C([O-])c1ccc(COc2c(Cl)c(Cl)c(Cl)c(Cl)c2Cl)o1. The first-order chi connectivity index (χ1) is 9.82. The zero-order valence-corrected chi connectivity index (χ0v) is 13.7. The molecule has 0 unspecified atom stereocenters. The topological polar surface area (TPSA) is 62.5 Å². The van der Waals surface area contributed by atoms with Crippen LogP contribution in [0.1, 0.15) is 16.3 Å². The van der Waals surface area contributed by atoms with E-state index in [2.05, 4.69) is 0 Å². The number of carboxylic acids is 1. The summed E-state index contributed by atoms with van der Waals surface area (Å²) in [7, 11) is 0. The van der Waals surface area contributed by atoms with E-state index in [1.54, 1.807) is 0 Å². The number of hydrogen-bond acceptors (Lipinski definition) is 4. The lowest BCUT2D eigenvalue weighted by Crippen LogP contribution is -2.21. The highest BCUT2D eigenvalue weighted by atomic mass is 35.5. The minimum Gasteiger partial charge on any atom is -0.542 e. The quantitative estimate of drug-likeness (QED) is 0.571. The lowest BCUT2D eigenvalue weighted by Gasteiger charge is -2.12. The Kier molecular flexibility index (Phi) is 5.17. The molecule has 0 aliphatic rings. The van der Waals surface area contributed by atoms with Crippen molar-refractivity contribution in [1.29, 1.82) is 0 Å². The van der Waals surface area contributed by atoms with Crippen LogP contribution in [0.4, 0.5) is 0 Å². The summed E-state index contributed by atoms with van der Waals surface area (Å²) in [6.45, 7) is -0.138. The first-order valence-electron chi connectivity index (χ1n) is 5.27. The number of ether oxygens (including phenoxy) is 1. The van der Waals surface area contributed by atoms with E-state index in [0.717, 1.165) is 0 Å². The van der Waals surface area contributed by atoms with E-state index in [9.17, 15) is 9.90 Å². The Morgan fingerprint density at radius 2 is 1.52 bits per heavy atom. The highest BCUT2D eigenvalue weighted by molar-refractivity contribution is 6.55. The van der Waals surface area contributed by atoms with Crippen LogP contribution in [0.2, 0.25) is 25.1 Å². The van der Waals surface area contributed by atoms with Gasteiger partial charge in [-0.1, -0.05) is 58.0 Å². The molecule has 0 bridgehead atoms. The van der Waals surface area contributed by atoms with Gasteiger partial charge >= 0.3 is 0 Å². The largest absolute Gasteiger partial charge is 0.542 e. The van der Waals surface area contributed by atoms with E-state index in [1.807, 2.05) is 0 Å². The minimum atomic E-state index is -1.44. The first-order valence-corrected chi connectivity index (χ1v) is 7.16. The van der Waals surface area contributed by atoms with Gasteiger partial charge < -0.3 is 19.1 Å². The summed E-state index contributed by atoms with van der Waals surface area (Å²) in [6.07, 6.45) is 0. The maximum absolute atomic E-state index is 10.6. The van der Waals surface area contributed by atoms with Crippen LogP contribution in [0.25, 0.3) is 0 Å². The molecule has 0 radical (unpaired) electrons. The van der Waals surface area contributed by atoms with E-state index in [-0.39, 0.29) is 49.0 Å². The molecule has 0 saturated heterocycles. The minimum absolute atomic E-state index is 0.00222. The molecule has 21 heavy (non-hydrogen) atoms. The van der Waals surface area contributed by atoms with Gasteiger partial charge in [0.15, 0.2) is 5.75 Å². The molecular formula is C12H4Cl5O4-. The molecule has 1 aromatic carbocycles. The van der Waals surface area contributed by atoms with Crippen LogP contribution in [-0.2, 0) is 6.61 Å². The number of hydrogen-bond donors (Lipinski definition) is 0. The average Bonchev–Trinajstić information content (AvgIpc) is 2.92. The highest BCUT2D eigenvalue weighted by Gasteiger charge is 2.20. The normalized spacial score (nSPS) is 10.7. The second-order valence-electron chi connectivity index (χ2n) is 3.74. The van der Waals surface area contributed by atoms with Crippen molar-refractivity contribution >= 4 is 64.0 Å². The molecule has 0 aliphatic heterocycles. The summed E-state index contributed by atoms with van der Waals surface area (Å²) in [4.78, 5) is 10.6. The zero-order chi connectivity index (χ0) is 15.7. The van der Waals surface area contributed by atoms with E-state index in [1.165, 1.54) is 12.1 Å². The van der Waals surface area contributed by atoms with Crippen LogP contribution in [0, 0.1) is 0 Å². The lowest BCUT2D eigenvalue weighted by atomic mass is 10.3. The summed E-state index contributed by atoms with van der Waals surface area (Å²) in [5.74, 6) is -1.51. The Labute approximate surface area is 144 Å². The van der Waals surface area contributed by atoms with Gasteiger partial charge in [-0.2, -0.15) is 0 Å². The predicted molar refractivity (Wildman–Crippen MR) is 78.9 cm³/mol. The van der Waals surface area contributed by atoms with E-state index < -0.39 is 5.97 Å².